The molecule has 0 radical (unpaired) electrons. The number of hydrogen-bond donors (Lipinski definition) is 3. The summed E-state index contributed by atoms with van der Waals surface area (Å²) >= 11 is 55.8. The Morgan fingerprint density at radius 3 is 0.577 bits per heavy atom. The van der Waals surface area contributed by atoms with Gasteiger partial charge in [-0.2, -0.15) is 0 Å². The zero-order valence-electron chi connectivity index (χ0n) is 110. The van der Waals surface area contributed by atoms with Gasteiger partial charge in [0.25, 0.3) is 0 Å². The maximum atomic E-state index is 8.97. The third kappa shape index (κ3) is 216. The molecule has 3 nitrogen and oxygen atoms in total. The van der Waals surface area contributed by atoms with E-state index in [-0.39, 0.29) is 48.4 Å². The zero-order chi connectivity index (χ0) is 119. The van der Waals surface area contributed by atoms with Gasteiger partial charge in [-0.25, -0.2) is 0 Å². The Kier molecular flexibility index (Phi) is 205. The van der Waals surface area contributed by atoms with Crippen LogP contribution in [0.2, 0.25) is 0 Å². The van der Waals surface area contributed by atoms with Crippen LogP contribution in [0.25, 0.3) is 0 Å². The molecule has 0 saturated carbocycles. The highest BCUT2D eigenvalue weighted by atomic mass is 32.1. The Morgan fingerprint density at radius 2 is 0.366 bits per heavy atom. The summed E-state index contributed by atoms with van der Waals surface area (Å²) in [5, 5.41) is 26.8. The molecular formula is C128H278O3S11. The monoisotopic (exact) mass is 2220 g/mol. The van der Waals surface area contributed by atoms with Gasteiger partial charge in [0, 0.05) is 17.8 Å². The molecule has 0 aliphatic rings. The van der Waals surface area contributed by atoms with Gasteiger partial charge in [-0.15, -0.1) is 0 Å². The van der Waals surface area contributed by atoms with Crippen molar-refractivity contribution in [1.29, 1.82) is 0 Å². The largest absolute Gasteiger partial charge is 0.396 e. The van der Waals surface area contributed by atoms with E-state index in [0.29, 0.717) is 46.3 Å². The van der Waals surface area contributed by atoms with E-state index in [9.17, 15) is 0 Å². The highest BCUT2D eigenvalue weighted by Crippen LogP contribution is 2.29. The number of unbranched alkanes of at least 4 members (excludes halogenated alkanes) is 1. The van der Waals surface area contributed by atoms with Crippen LogP contribution >= 0.6 is 134 Å². The summed E-state index contributed by atoms with van der Waals surface area (Å²) in [6.45, 7) is 139. The van der Waals surface area contributed by atoms with Crippen LogP contribution in [0, 0.1) is 116 Å². The summed E-state index contributed by atoms with van der Waals surface area (Å²) in [6.07, 6.45) is 35.9. The molecule has 0 fully saturated rings. The third-order valence-electron chi connectivity index (χ3n) is 21.9. The van der Waals surface area contributed by atoms with Crippen LogP contribution in [0.4, 0.5) is 0 Å². The minimum atomic E-state index is 0.210. The lowest BCUT2D eigenvalue weighted by molar-refractivity contribution is 0.250. The molecule has 0 saturated heterocycles. The Bertz CT molecular complexity index is 2450. The molecule has 0 aromatic heterocycles. The van der Waals surface area contributed by atoms with E-state index in [4.69, 9.17) is 150 Å². The topological polar surface area (TPSA) is 60.7 Å². The number of rotatable bonds is 50. The first-order chi connectivity index (χ1) is 65.4. The van der Waals surface area contributed by atoms with Crippen LogP contribution in [0.5, 0.6) is 0 Å². The molecule has 0 bridgehead atoms. The predicted molar refractivity (Wildman–Crippen MR) is 728 cm³/mol. The van der Waals surface area contributed by atoms with Crippen LogP contribution in [-0.4, -0.2) is 88.7 Å². The van der Waals surface area contributed by atoms with Gasteiger partial charge in [0.1, 0.15) is 0 Å². The van der Waals surface area contributed by atoms with Crippen molar-refractivity contribution in [1.82, 2.24) is 0 Å². The second-order valence-corrected chi connectivity index (χ2v) is 50.2. The van der Waals surface area contributed by atoms with Crippen molar-refractivity contribution in [2.75, 3.05) is 19.8 Å². The Labute approximate surface area is 967 Å². The van der Waals surface area contributed by atoms with E-state index < -0.39 is 0 Å². The van der Waals surface area contributed by atoms with Crippen molar-refractivity contribution in [2.45, 2.75) is 636 Å². The number of aliphatic hydroxyl groups is 3. The first kappa shape index (κ1) is 197. The molecule has 0 rings (SSSR count). The van der Waals surface area contributed by atoms with E-state index in [1.54, 1.807) is 0 Å². The molecule has 14 heteroatoms. The van der Waals surface area contributed by atoms with Gasteiger partial charge in [-0.1, -0.05) is 598 Å². The lowest BCUT2D eigenvalue weighted by Gasteiger charge is -2.24. The van der Waals surface area contributed by atoms with Gasteiger partial charge in [-0.05, 0) is 325 Å². The summed E-state index contributed by atoms with van der Waals surface area (Å²) in [5.74, 6) is 10.4. The first-order valence-electron chi connectivity index (χ1n) is 58.8. The molecule has 142 heavy (non-hydrogen) atoms. The van der Waals surface area contributed by atoms with Crippen LogP contribution < -0.4 is 0 Å². The molecule has 0 aliphatic heterocycles. The third-order valence-corrected chi connectivity index (χ3v) is 26.0. The molecule has 0 amide bonds. The summed E-state index contributed by atoms with van der Waals surface area (Å²) in [5.41, 5.74) is 1.49. The standard InChI is InChI=1S/2C11H22S.C10H20OS.2C10H20S.2C9H18OS.4C9H18S.11C2H6/c1-9(10(2)12)7-6-8-11(3,4)5;1-9(2)7-6-8-11(4,5)10(3)12;1-8(2)5-4-6-10(7-11)9(3)12;1-8(2)6-7-10(4,5)9(3)11;1-8(2)6-5-7-9(3)10(4)11;2*1-7(2)4-5-9(6-10)8(3)11;1-8(10)6-5-7-9(2,3)4;2*1-7(2)5-6-8(3)9(4)10;1-8(2)6-4-5-7-9(3)10;11*1-2/h2*9H,6-8H2,1-5H3;8,10-11H,4-7H2,1-3H3;8H,6-7H2,1-5H3;8-9H,5-7H2,1-4H3;2*7,9-10H,4-6H2,1-3H3;5-7H2,1-4H3;2*7-8H,5-6H2,1-4H3;8H,4-7H2,1-3H3;11*1-2H3/t9-;;10-;;3*9-;;2*8-;;;;;;;;;;;;/m0.0.110.10............/s1. The van der Waals surface area contributed by atoms with Crippen molar-refractivity contribution in [3.63, 3.8) is 0 Å². The second-order valence-electron chi connectivity index (χ2n) is 43.1. The highest BCUT2D eigenvalue weighted by molar-refractivity contribution is 7.82. The molecule has 874 valence electrons. The van der Waals surface area contributed by atoms with E-state index in [2.05, 4.69) is 249 Å². The number of thiocarbonyl (C=S) groups is 11. The van der Waals surface area contributed by atoms with E-state index in [1.165, 1.54) is 141 Å². The van der Waals surface area contributed by atoms with Gasteiger partial charge in [0.05, 0.1) is 19.8 Å². The van der Waals surface area contributed by atoms with Crippen molar-refractivity contribution < 1.29 is 15.3 Å². The van der Waals surface area contributed by atoms with E-state index in [0.717, 1.165) is 140 Å². The fourth-order valence-corrected chi connectivity index (χ4v) is 12.2. The molecular weight excluding hydrogens is 1940 g/mol. The predicted octanol–water partition coefficient (Wildman–Crippen LogP) is 49.2. The van der Waals surface area contributed by atoms with Crippen molar-refractivity contribution in [2.24, 2.45) is 116 Å². The smallest absolute Gasteiger partial charge is 0.0504 e. The van der Waals surface area contributed by atoms with Crippen molar-refractivity contribution in [3.05, 3.63) is 0 Å². The number of aliphatic hydroxyl groups excluding tert-OH is 3. The average molecular weight is 2220 g/mol. The summed E-state index contributed by atoms with van der Waals surface area (Å²) in [6, 6.07) is 0. The molecule has 0 unspecified atom stereocenters. The average Bonchev–Trinajstić information content (AvgIpc) is 0.922. The fraction of sp³-hybridized carbons (Fsp3) is 0.914. The summed E-state index contributed by atoms with van der Waals surface area (Å²) < 4.78 is 0. The van der Waals surface area contributed by atoms with Crippen LogP contribution in [0.3, 0.4) is 0 Å². The first-order valence-corrected chi connectivity index (χ1v) is 63.3. The lowest BCUT2D eigenvalue weighted by Crippen LogP contribution is -2.20. The molecule has 0 spiro atoms. The maximum Gasteiger partial charge on any atom is 0.0504 e. The Hall–Kier alpha value is 0.870. The molecule has 0 aromatic rings. The summed E-state index contributed by atoms with van der Waals surface area (Å²) in [4.78, 5) is 12.0. The normalized spacial score (nSPS) is 11.4. The van der Waals surface area contributed by atoms with Crippen LogP contribution in [0.1, 0.15) is 636 Å². The van der Waals surface area contributed by atoms with Gasteiger partial charge in [0.2, 0.25) is 0 Å². The molecule has 0 aliphatic carbocycles. The quantitative estimate of drug-likeness (QED) is 0.0400. The molecule has 0 aromatic carbocycles. The van der Waals surface area contributed by atoms with Gasteiger partial charge in [-0.3, -0.25) is 0 Å². The Balaban J connectivity index is -0.0000000546. The van der Waals surface area contributed by atoms with Gasteiger partial charge in [0.15, 0.2) is 0 Å². The minimum Gasteiger partial charge on any atom is -0.396 e. The Morgan fingerprint density at radius 1 is 0.183 bits per heavy atom. The zero-order valence-corrected chi connectivity index (χ0v) is 119. The van der Waals surface area contributed by atoms with E-state index >= 15 is 0 Å². The maximum absolute atomic E-state index is 8.97. The molecule has 7 atom stereocenters. The van der Waals surface area contributed by atoms with Crippen LogP contribution in [0.15, 0.2) is 0 Å². The SMILES string of the molecule is CC.CC.CC.CC.CC.CC.CC.CC.CC.CC.CC.CC(=S)C(C)(C)CCC(C)C.CC(=S)C(C)(C)CCCC(C)C.CC(=S)CCCC(C)(C)C.CC(=S)CCCCC(C)C.CC(=S)[C@@H](C)CCC(C)C.CC(=S)[C@@H](C)CCCC(C)(C)C.CC(=S)[C@@H](CO)CCC(C)C.CC(=S)[C@H](C)CCC(C)C.CC(=S)[C@H](C)CCCC(C)C.CC(=S)[C@H](CO)CCC(C)C.CC(=S)[C@H](CO)CCCC(C)C. The van der Waals surface area contributed by atoms with Gasteiger partial charge >= 0.3 is 0 Å². The second kappa shape index (κ2) is 148. The highest BCUT2D eigenvalue weighted by Gasteiger charge is 2.22. The van der Waals surface area contributed by atoms with Crippen LogP contribution in [-0.2, 0) is 0 Å². The summed E-state index contributed by atoms with van der Waals surface area (Å²) in [7, 11) is 0. The fourth-order valence-electron chi connectivity index (χ4n) is 10.6. The molecule has 3 N–H and O–H groups in total. The van der Waals surface area contributed by atoms with E-state index in [1.807, 2.05) is 201 Å². The van der Waals surface area contributed by atoms with Gasteiger partial charge < -0.3 is 15.3 Å². The minimum absolute atomic E-state index is 0.210. The lowest BCUT2D eigenvalue weighted by atomic mass is 9.83. The van der Waals surface area contributed by atoms with Crippen molar-refractivity contribution >= 4 is 188 Å². The number of hydrogen-bond acceptors (Lipinski definition) is 14. The van der Waals surface area contributed by atoms with Crippen molar-refractivity contribution in [3.8, 4) is 0 Å². The molecule has 0 heterocycles.